The highest BCUT2D eigenvalue weighted by Crippen LogP contribution is 2.26. The summed E-state index contributed by atoms with van der Waals surface area (Å²) in [6, 6.07) is 5.60. The minimum absolute atomic E-state index is 0.0363. The van der Waals surface area contributed by atoms with Gasteiger partial charge in [-0.05, 0) is 18.2 Å². The second-order valence-electron chi connectivity index (χ2n) is 4.09. The first-order chi connectivity index (χ1) is 9.31. The van der Waals surface area contributed by atoms with Gasteiger partial charge in [-0.25, -0.2) is 13.2 Å². The number of halogens is 1. The molecule has 0 bridgehead atoms. The van der Waals surface area contributed by atoms with Crippen molar-refractivity contribution in [2.75, 3.05) is 4.72 Å². The van der Waals surface area contributed by atoms with Gasteiger partial charge < -0.3 is 9.67 Å². The van der Waals surface area contributed by atoms with Gasteiger partial charge in [0.15, 0.2) is 0 Å². The number of benzene rings is 1. The van der Waals surface area contributed by atoms with Gasteiger partial charge in [0.2, 0.25) is 0 Å². The number of nitrogens with zero attached hydrogens (tertiary/aromatic N) is 1. The molecule has 1 aromatic carbocycles. The van der Waals surface area contributed by atoms with Crippen molar-refractivity contribution in [1.82, 2.24) is 4.57 Å². The van der Waals surface area contributed by atoms with Gasteiger partial charge in [0.25, 0.3) is 10.0 Å². The summed E-state index contributed by atoms with van der Waals surface area (Å²) in [6.07, 6.45) is 2.98. The van der Waals surface area contributed by atoms with Gasteiger partial charge in [0.05, 0.1) is 10.7 Å². The molecule has 0 aliphatic heterocycles. The molecule has 0 atom stereocenters. The summed E-state index contributed by atoms with van der Waals surface area (Å²) in [5.41, 5.74) is -0.359. The van der Waals surface area contributed by atoms with Gasteiger partial charge in [-0.3, -0.25) is 4.72 Å². The SMILES string of the molecule is Cn1ccc(S(=O)(=O)Nc2cccc(Cl)c2C(=O)O)c1. The fraction of sp³-hybridized carbons (Fsp3) is 0.0833. The van der Waals surface area contributed by atoms with Crippen molar-refractivity contribution in [1.29, 1.82) is 0 Å². The van der Waals surface area contributed by atoms with Crippen LogP contribution in [0.4, 0.5) is 5.69 Å². The average Bonchev–Trinajstić information content (AvgIpc) is 2.75. The molecule has 106 valence electrons. The molecule has 2 aromatic rings. The molecule has 0 fully saturated rings. The van der Waals surface area contributed by atoms with Crippen molar-refractivity contribution in [2.24, 2.45) is 7.05 Å². The van der Waals surface area contributed by atoms with E-state index in [0.717, 1.165) is 0 Å². The molecule has 1 aromatic heterocycles. The maximum absolute atomic E-state index is 12.1. The van der Waals surface area contributed by atoms with Gasteiger partial charge in [-0.1, -0.05) is 17.7 Å². The third-order valence-corrected chi connectivity index (χ3v) is 4.25. The number of carboxylic acid groups (broad SMARTS) is 1. The first-order valence-electron chi connectivity index (χ1n) is 5.48. The molecule has 0 spiro atoms. The monoisotopic (exact) mass is 314 g/mol. The highest BCUT2D eigenvalue weighted by Gasteiger charge is 2.21. The van der Waals surface area contributed by atoms with Crippen LogP contribution in [0.15, 0.2) is 41.6 Å². The topological polar surface area (TPSA) is 88.4 Å². The zero-order valence-corrected chi connectivity index (χ0v) is 11.9. The lowest BCUT2D eigenvalue weighted by Gasteiger charge is -2.10. The molecule has 0 aliphatic carbocycles. The molecule has 0 aliphatic rings. The Kier molecular flexibility index (Phi) is 3.74. The molecule has 0 amide bonds. The minimum atomic E-state index is -3.86. The second kappa shape index (κ2) is 5.18. The molecule has 2 rings (SSSR count). The summed E-state index contributed by atoms with van der Waals surface area (Å²) in [6.45, 7) is 0. The number of sulfonamides is 1. The van der Waals surface area contributed by atoms with Crippen LogP contribution in [0.5, 0.6) is 0 Å². The standard InChI is InChI=1S/C12H11ClN2O4S/c1-15-6-5-8(7-15)20(18,19)14-10-4-2-3-9(13)11(10)12(16)17/h2-7,14H,1H3,(H,16,17). The van der Waals surface area contributed by atoms with E-state index >= 15 is 0 Å². The highest BCUT2D eigenvalue weighted by molar-refractivity contribution is 7.92. The number of aryl methyl sites for hydroxylation is 1. The smallest absolute Gasteiger partial charge is 0.339 e. The molecule has 1 heterocycles. The van der Waals surface area contributed by atoms with Gasteiger partial charge >= 0.3 is 5.97 Å². The quantitative estimate of drug-likeness (QED) is 0.905. The Balaban J connectivity index is 2.45. The van der Waals surface area contributed by atoms with E-state index in [-0.39, 0.29) is 21.2 Å². The van der Waals surface area contributed by atoms with Gasteiger partial charge in [-0.15, -0.1) is 0 Å². The lowest BCUT2D eigenvalue weighted by Crippen LogP contribution is -2.15. The number of carbonyl (C=O) groups is 1. The van der Waals surface area contributed by atoms with Crippen molar-refractivity contribution in [2.45, 2.75) is 4.90 Å². The number of aromatic carboxylic acids is 1. The molecule has 2 N–H and O–H groups in total. The van der Waals surface area contributed by atoms with Gasteiger partial charge in [-0.2, -0.15) is 0 Å². The molecule has 8 heteroatoms. The van der Waals surface area contributed by atoms with Crippen LogP contribution in [-0.2, 0) is 17.1 Å². The third-order valence-electron chi connectivity index (χ3n) is 2.59. The predicted octanol–water partition coefficient (Wildman–Crippen LogP) is 2.18. The normalized spacial score (nSPS) is 11.3. The molecule has 0 saturated heterocycles. The molecule has 0 saturated carbocycles. The van der Waals surface area contributed by atoms with Crippen LogP contribution >= 0.6 is 11.6 Å². The largest absolute Gasteiger partial charge is 0.478 e. The summed E-state index contributed by atoms with van der Waals surface area (Å²) < 4.78 is 28.1. The van der Waals surface area contributed by atoms with Crippen molar-refractivity contribution >= 4 is 33.3 Å². The van der Waals surface area contributed by atoms with Crippen LogP contribution in [0.3, 0.4) is 0 Å². The Morgan fingerprint density at radius 1 is 1.35 bits per heavy atom. The van der Waals surface area contributed by atoms with Crippen molar-refractivity contribution in [3.05, 3.63) is 47.2 Å². The lowest BCUT2D eigenvalue weighted by atomic mass is 10.2. The fourth-order valence-corrected chi connectivity index (χ4v) is 3.04. The summed E-state index contributed by atoms with van der Waals surface area (Å²) in [4.78, 5) is 11.2. The Hall–Kier alpha value is -1.99. The summed E-state index contributed by atoms with van der Waals surface area (Å²) in [7, 11) is -2.18. The van der Waals surface area contributed by atoms with Crippen molar-refractivity contribution in [3.8, 4) is 0 Å². The van der Waals surface area contributed by atoms with Crippen LogP contribution in [0.2, 0.25) is 5.02 Å². The van der Waals surface area contributed by atoms with Crippen molar-refractivity contribution < 1.29 is 18.3 Å². The zero-order valence-electron chi connectivity index (χ0n) is 10.4. The Labute approximate surface area is 120 Å². The van der Waals surface area contributed by atoms with Crippen LogP contribution in [0.25, 0.3) is 0 Å². The maximum atomic E-state index is 12.1. The number of rotatable bonds is 4. The molecular formula is C12H11ClN2O4S. The van der Waals surface area contributed by atoms with E-state index in [1.807, 2.05) is 0 Å². The zero-order chi connectivity index (χ0) is 14.9. The number of anilines is 1. The second-order valence-corrected chi connectivity index (χ2v) is 6.18. The minimum Gasteiger partial charge on any atom is -0.478 e. The van der Waals surface area contributed by atoms with E-state index in [1.165, 1.54) is 30.5 Å². The van der Waals surface area contributed by atoms with E-state index in [1.54, 1.807) is 17.8 Å². The predicted molar refractivity (Wildman–Crippen MR) is 74.6 cm³/mol. The summed E-state index contributed by atoms with van der Waals surface area (Å²) >= 11 is 5.78. The Morgan fingerprint density at radius 2 is 2.05 bits per heavy atom. The molecule has 0 radical (unpaired) electrons. The highest BCUT2D eigenvalue weighted by atomic mass is 35.5. The summed E-state index contributed by atoms with van der Waals surface area (Å²) in [5.74, 6) is -1.30. The van der Waals surface area contributed by atoms with E-state index in [2.05, 4.69) is 4.72 Å². The third kappa shape index (κ3) is 2.78. The van der Waals surface area contributed by atoms with Gasteiger partial charge in [0.1, 0.15) is 10.5 Å². The Morgan fingerprint density at radius 3 is 2.60 bits per heavy atom. The van der Waals surface area contributed by atoms with Crippen LogP contribution in [0.1, 0.15) is 10.4 Å². The van der Waals surface area contributed by atoms with E-state index in [4.69, 9.17) is 16.7 Å². The number of aromatic nitrogens is 1. The van der Waals surface area contributed by atoms with E-state index in [9.17, 15) is 13.2 Å². The first-order valence-corrected chi connectivity index (χ1v) is 7.34. The number of hydrogen-bond donors (Lipinski definition) is 2. The number of carboxylic acids is 1. The first kappa shape index (κ1) is 14.4. The van der Waals surface area contributed by atoms with Gasteiger partial charge in [0, 0.05) is 19.4 Å². The van der Waals surface area contributed by atoms with Crippen molar-refractivity contribution in [3.63, 3.8) is 0 Å². The molecule has 20 heavy (non-hydrogen) atoms. The maximum Gasteiger partial charge on any atom is 0.339 e. The number of nitrogens with one attached hydrogen (secondary N) is 1. The van der Waals surface area contributed by atoms with E-state index < -0.39 is 16.0 Å². The number of hydrogen-bond acceptors (Lipinski definition) is 3. The average molecular weight is 315 g/mol. The van der Waals surface area contributed by atoms with Crippen LogP contribution in [0, 0.1) is 0 Å². The van der Waals surface area contributed by atoms with E-state index in [0.29, 0.717) is 0 Å². The summed E-state index contributed by atoms with van der Waals surface area (Å²) in [5, 5.41) is 9.06. The molecule has 6 nitrogen and oxygen atoms in total. The molecular weight excluding hydrogens is 304 g/mol. The van der Waals surface area contributed by atoms with Crippen LogP contribution in [-0.4, -0.2) is 24.1 Å². The van der Waals surface area contributed by atoms with Crippen LogP contribution < -0.4 is 4.72 Å². The Bertz CT molecular complexity index is 768. The lowest BCUT2D eigenvalue weighted by molar-refractivity contribution is 0.0698. The fourth-order valence-electron chi connectivity index (χ4n) is 1.67. The molecule has 0 unspecified atom stereocenters.